The smallest absolute Gasteiger partial charge is 0.147 e. The van der Waals surface area contributed by atoms with Gasteiger partial charge in [-0.25, -0.2) is 9.67 Å². The summed E-state index contributed by atoms with van der Waals surface area (Å²) in [5.74, 6) is 1.77. The first-order valence-electron chi connectivity index (χ1n) is 5.27. The Labute approximate surface area is 90.8 Å². The monoisotopic (exact) mass is 212 g/mol. The highest BCUT2D eigenvalue weighted by Gasteiger charge is 2.10. The van der Waals surface area contributed by atoms with Crippen LogP contribution in [-0.4, -0.2) is 41.1 Å². The van der Waals surface area contributed by atoms with Crippen LogP contribution in [0.25, 0.3) is 0 Å². The summed E-state index contributed by atoms with van der Waals surface area (Å²) in [7, 11) is 1.71. The van der Waals surface area contributed by atoms with Crippen LogP contribution in [0.4, 0.5) is 0 Å². The van der Waals surface area contributed by atoms with Crippen molar-refractivity contribution >= 4 is 0 Å². The van der Waals surface area contributed by atoms with Gasteiger partial charge in [-0.05, 0) is 20.4 Å². The molecule has 1 aromatic rings. The molecule has 5 nitrogen and oxygen atoms in total. The molecule has 0 amide bonds. The Morgan fingerprint density at radius 2 is 2.20 bits per heavy atom. The lowest BCUT2D eigenvalue weighted by molar-refractivity contribution is 0.157. The van der Waals surface area contributed by atoms with Crippen molar-refractivity contribution in [2.24, 2.45) is 0 Å². The number of methoxy groups -OCH3 is 1. The summed E-state index contributed by atoms with van der Waals surface area (Å²) < 4.78 is 7.07. The molecule has 1 unspecified atom stereocenters. The largest absolute Gasteiger partial charge is 0.383 e. The van der Waals surface area contributed by atoms with Gasteiger partial charge in [0.25, 0.3) is 0 Å². The van der Waals surface area contributed by atoms with Gasteiger partial charge in [0.1, 0.15) is 11.6 Å². The van der Waals surface area contributed by atoms with Gasteiger partial charge in [-0.1, -0.05) is 6.92 Å². The Morgan fingerprint density at radius 1 is 1.47 bits per heavy atom. The van der Waals surface area contributed by atoms with Gasteiger partial charge in [-0.15, -0.1) is 0 Å². The molecule has 0 aliphatic carbocycles. The number of aryl methyl sites for hydroxylation is 2. The molecule has 0 radical (unpaired) electrons. The van der Waals surface area contributed by atoms with Crippen molar-refractivity contribution in [3.05, 3.63) is 11.6 Å². The Bertz CT molecular complexity index is 292. The van der Waals surface area contributed by atoms with Crippen LogP contribution in [-0.2, 0) is 11.3 Å². The molecule has 0 saturated carbocycles. The maximum Gasteiger partial charge on any atom is 0.147 e. The number of hydrogen-bond donors (Lipinski definition) is 1. The Kier molecular flexibility index (Phi) is 4.71. The van der Waals surface area contributed by atoms with E-state index in [0.717, 1.165) is 24.7 Å². The number of hydrogen-bond acceptors (Lipinski definition) is 4. The molecule has 0 aromatic carbocycles. The van der Waals surface area contributed by atoms with Crippen molar-refractivity contribution in [3.8, 4) is 0 Å². The molecule has 0 saturated heterocycles. The van der Waals surface area contributed by atoms with Crippen LogP contribution in [0.15, 0.2) is 0 Å². The molecular weight excluding hydrogens is 192 g/mol. The molecule has 0 bridgehead atoms. The van der Waals surface area contributed by atoms with Crippen LogP contribution >= 0.6 is 0 Å². The normalized spacial score (nSPS) is 13.1. The van der Waals surface area contributed by atoms with Gasteiger partial charge in [-0.2, -0.15) is 5.10 Å². The van der Waals surface area contributed by atoms with Gasteiger partial charge in [0, 0.05) is 7.11 Å². The van der Waals surface area contributed by atoms with E-state index < -0.39 is 0 Å². The van der Waals surface area contributed by atoms with Crippen LogP contribution in [0.1, 0.15) is 18.6 Å². The highest BCUT2D eigenvalue weighted by Crippen LogP contribution is 1.98. The van der Waals surface area contributed by atoms with Crippen molar-refractivity contribution < 1.29 is 4.74 Å². The summed E-state index contributed by atoms with van der Waals surface area (Å²) in [6.45, 7) is 8.38. The molecule has 0 spiro atoms. The van der Waals surface area contributed by atoms with Crippen LogP contribution in [0.5, 0.6) is 0 Å². The predicted molar refractivity (Wildman–Crippen MR) is 58.8 cm³/mol. The van der Waals surface area contributed by atoms with Crippen LogP contribution in [0.3, 0.4) is 0 Å². The Hall–Kier alpha value is -0.940. The minimum Gasteiger partial charge on any atom is -0.383 e. The third-order valence-corrected chi connectivity index (χ3v) is 2.22. The zero-order valence-corrected chi connectivity index (χ0v) is 9.95. The van der Waals surface area contributed by atoms with Crippen molar-refractivity contribution in [1.29, 1.82) is 0 Å². The average molecular weight is 212 g/mol. The molecule has 0 aliphatic heterocycles. The standard InChI is InChI=1S/C10H20N4O/c1-5-11-10(7-15-4)6-14-9(3)12-8(2)13-14/h10-11H,5-7H2,1-4H3. The second-order valence-corrected chi connectivity index (χ2v) is 3.60. The number of likely N-dealkylation sites (N-methyl/N-ethyl adjacent to an activating group) is 1. The highest BCUT2D eigenvalue weighted by atomic mass is 16.5. The number of nitrogens with zero attached hydrogens (tertiary/aromatic N) is 3. The first-order valence-corrected chi connectivity index (χ1v) is 5.27. The van der Waals surface area contributed by atoms with Crippen LogP contribution < -0.4 is 5.32 Å². The molecule has 1 N–H and O–H groups in total. The van der Waals surface area contributed by atoms with Gasteiger partial charge >= 0.3 is 0 Å². The fourth-order valence-electron chi connectivity index (χ4n) is 1.61. The molecular formula is C10H20N4O. The van der Waals surface area contributed by atoms with Gasteiger partial charge in [0.15, 0.2) is 0 Å². The average Bonchev–Trinajstić information content (AvgIpc) is 2.46. The zero-order chi connectivity index (χ0) is 11.3. The number of ether oxygens (including phenoxy) is 1. The first kappa shape index (κ1) is 12.1. The molecule has 5 heteroatoms. The lowest BCUT2D eigenvalue weighted by atomic mass is 10.3. The highest BCUT2D eigenvalue weighted by molar-refractivity contribution is 4.88. The molecule has 1 rings (SSSR count). The van der Waals surface area contributed by atoms with E-state index in [-0.39, 0.29) is 0 Å². The fraction of sp³-hybridized carbons (Fsp3) is 0.800. The maximum absolute atomic E-state index is 5.15. The molecule has 1 atom stereocenters. The molecule has 15 heavy (non-hydrogen) atoms. The van der Waals surface area contributed by atoms with Crippen molar-refractivity contribution in [1.82, 2.24) is 20.1 Å². The Morgan fingerprint density at radius 3 is 2.67 bits per heavy atom. The van der Waals surface area contributed by atoms with Crippen molar-refractivity contribution in [2.45, 2.75) is 33.4 Å². The van der Waals surface area contributed by atoms with E-state index in [4.69, 9.17) is 4.74 Å². The Balaban J connectivity index is 2.60. The summed E-state index contributed by atoms with van der Waals surface area (Å²) in [5, 5.41) is 7.68. The summed E-state index contributed by atoms with van der Waals surface area (Å²) in [6, 6.07) is 0.291. The molecule has 0 fully saturated rings. The van der Waals surface area contributed by atoms with E-state index in [0.29, 0.717) is 12.6 Å². The van der Waals surface area contributed by atoms with Gasteiger partial charge in [-0.3, -0.25) is 0 Å². The van der Waals surface area contributed by atoms with E-state index in [2.05, 4.69) is 22.3 Å². The summed E-state index contributed by atoms with van der Waals surface area (Å²) >= 11 is 0. The van der Waals surface area contributed by atoms with E-state index in [1.165, 1.54) is 0 Å². The van der Waals surface area contributed by atoms with Crippen molar-refractivity contribution in [2.75, 3.05) is 20.3 Å². The molecule has 0 aliphatic rings. The fourth-order valence-corrected chi connectivity index (χ4v) is 1.61. The van der Waals surface area contributed by atoms with Crippen LogP contribution in [0.2, 0.25) is 0 Å². The van der Waals surface area contributed by atoms with Gasteiger partial charge in [0.2, 0.25) is 0 Å². The quantitative estimate of drug-likeness (QED) is 0.747. The molecule has 86 valence electrons. The zero-order valence-electron chi connectivity index (χ0n) is 9.95. The third-order valence-electron chi connectivity index (χ3n) is 2.22. The topological polar surface area (TPSA) is 52.0 Å². The summed E-state index contributed by atoms with van der Waals surface area (Å²) in [6.07, 6.45) is 0. The second kappa shape index (κ2) is 5.82. The SMILES string of the molecule is CCNC(COC)Cn1nc(C)nc1C. The lowest BCUT2D eigenvalue weighted by Gasteiger charge is -2.17. The minimum absolute atomic E-state index is 0.291. The summed E-state index contributed by atoms with van der Waals surface area (Å²) in [4.78, 5) is 4.27. The number of aromatic nitrogens is 3. The van der Waals surface area contributed by atoms with E-state index >= 15 is 0 Å². The molecule has 1 aromatic heterocycles. The second-order valence-electron chi connectivity index (χ2n) is 3.60. The van der Waals surface area contributed by atoms with E-state index in [1.54, 1.807) is 7.11 Å². The van der Waals surface area contributed by atoms with Crippen molar-refractivity contribution in [3.63, 3.8) is 0 Å². The summed E-state index contributed by atoms with van der Waals surface area (Å²) in [5.41, 5.74) is 0. The predicted octanol–water partition coefficient (Wildman–Crippen LogP) is 0.519. The maximum atomic E-state index is 5.15. The lowest BCUT2D eigenvalue weighted by Crippen LogP contribution is -2.37. The number of rotatable bonds is 6. The van der Waals surface area contributed by atoms with E-state index in [9.17, 15) is 0 Å². The van der Waals surface area contributed by atoms with Crippen LogP contribution in [0, 0.1) is 13.8 Å². The first-order chi connectivity index (χ1) is 7.17. The number of nitrogens with one attached hydrogen (secondary N) is 1. The third kappa shape index (κ3) is 3.60. The molecule has 1 heterocycles. The van der Waals surface area contributed by atoms with E-state index in [1.807, 2.05) is 18.5 Å². The minimum atomic E-state index is 0.291. The van der Waals surface area contributed by atoms with Gasteiger partial charge in [0.05, 0.1) is 19.2 Å². The van der Waals surface area contributed by atoms with Gasteiger partial charge < -0.3 is 10.1 Å².